The van der Waals surface area contributed by atoms with Crippen LogP contribution in [-0.4, -0.2) is 42.0 Å². The maximum Gasteiger partial charge on any atom is 0.291 e. The van der Waals surface area contributed by atoms with E-state index in [2.05, 4.69) is 10.3 Å². The summed E-state index contributed by atoms with van der Waals surface area (Å²) in [6.45, 7) is 3.21. The fourth-order valence-corrected chi connectivity index (χ4v) is 1.93. The van der Waals surface area contributed by atoms with Gasteiger partial charge in [0.2, 0.25) is 5.76 Å². The minimum Gasteiger partial charge on any atom is -0.435 e. The first-order chi connectivity index (χ1) is 7.84. The number of hydrogen-bond acceptors (Lipinski definition) is 4. The van der Waals surface area contributed by atoms with Gasteiger partial charge in [-0.25, -0.2) is 4.98 Å². The van der Waals surface area contributed by atoms with Crippen molar-refractivity contribution in [2.24, 2.45) is 0 Å². The third-order valence-corrected chi connectivity index (χ3v) is 3.07. The normalized spacial score (nSPS) is 21.1. The van der Waals surface area contributed by atoms with E-state index in [1.54, 1.807) is 6.20 Å². The van der Waals surface area contributed by atoms with Crippen molar-refractivity contribution in [2.45, 2.75) is 18.8 Å². The van der Waals surface area contributed by atoms with Crippen LogP contribution in [0, 0.1) is 0 Å². The molecule has 2 fully saturated rings. The van der Waals surface area contributed by atoms with Crippen molar-refractivity contribution in [1.82, 2.24) is 15.2 Å². The zero-order valence-corrected chi connectivity index (χ0v) is 9.11. The molecule has 16 heavy (non-hydrogen) atoms. The lowest BCUT2D eigenvalue weighted by molar-refractivity contribution is 0.0702. The first-order valence-corrected chi connectivity index (χ1v) is 5.80. The molecule has 2 heterocycles. The van der Waals surface area contributed by atoms with Crippen molar-refractivity contribution in [3.05, 3.63) is 17.8 Å². The van der Waals surface area contributed by atoms with E-state index < -0.39 is 0 Å². The van der Waals surface area contributed by atoms with Crippen molar-refractivity contribution in [3.8, 4) is 0 Å². The predicted molar refractivity (Wildman–Crippen MR) is 57.3 cm³/mol. The maximum atomic E-state index is 12.0. The molecule has 1 saturated heterocycles. The summed E-state index contributed by atoms with van der Waals surface area (Å²) >= 11 is 0. The maximum absolute atomic E-state index is 12.0. The summed E-state index contributed by atoms with van der Waals surface area (Å²) in [4.78, 5) is 18.0. The lowest BCUT2D eigenvalue weighted by Crippen LogP contribution is -2.46. The Morgan fingerprint density at radius 1 is 1.44 bits per heavy atom. The minimum absolute atomic E-state index is 0.0269. The molecule has 5 heteroatoms. The number of rotatable bonds is 2. The Morgan fingerprint density at radius 3 is 2.88 bits per heavy atom. The van der Waals surface area contributed by atoms with Crippen LogP contribution in [-0.2, 0) is 0 Å². The van der Waals surface area contributed by atoms with E-state index in [4.69, 9.17) is 4.42 Å². The molecule has 1 aromatic heterocycles. The molecule has 0 bridgehead atoms. The zero-order chi connectivity index (χ0) is 11.0. The smallest absolute Gasteiger partial charge is 0.291 e. The van der Waals surface area contributed by atoms with E-state index in [1.165, 1.54) is 0 Å². The molecule has 0 radical (unpaired) electrons. The molecule has 1 aliphatic carbocycles. The van der Waals surface area contributed by atoms with Crippen LogP contribution < -0.4 is 5.32 Å². The highest BCUT2D eigenvalue weighted by Crippen LogP contribution is 2.39. The van der Waals surface area contributed by atoms with Crippen LogP contribution >= 0.6 is 0 Å². The largest absolute Gasteiger partial charge is 0.435 e. The average Bonchev–Trinajstić information content (AvgIpc) is 3.08. The molecule has 1 amide bonds. The summed E-state index contributed by atoms with van der Waals surface area (Å²) in [5, 5.41) is 3.21. The van der Waals surface area contributed by atoms with Gasteiger partial charge in [-0.05, 0) is 12.8 Å². The van der Waals surface area contributed by atoms with Gasteiger partial charge in [0.25, 0.3) is 5.91 Å². The van der Waals surface area contributed by atoms with Crippen LogP contribution in [0.2, 0.25) is 0 Å². The Labute approximate surface area is 93.8 Å². The van der Waals surface area contributed by atoms with Crippen molar-refractivity contribution in [2.75, 3.05) is 26.2 Å². The van der Waals surface area contributed by atoms with Gasteiger partial charge < -0.3 is 14.6 Å². The number of carbonyl (C=O) groups is 1. The lowest BCUT2D eigenvalue weighted by Gasteiger charge is -2.26. The van der Waals surface area contributed by atoms with Crippen LogP contribution in [0.1, 0.15) is 35.2 Å². The van der Waals surface area contributed by atoms with E-state index in [-0.39, 0.29) is 5.91 Å². The Balaban J connectivity index is 1.71. The van der Waals surface area contributed by atoms with Gasteiger partial charge >= 0.3 is 0 Å². The van der Waals surface area contributed by atoms with E-state index in [1.807, 2.05) is 4.90 Å². The number of aromatic nitrogens is 1. The van der Waals surface area contributed by atoms with Gasteiger partial charge in [0.15, 0.2) is 5.89 Å². The van der Waals surface area contributed by atoms with Crippen LogP contribution in [0.5, 0.6) is 0 Å². The molecular formula is C11H15N3O2. The topological polar surface area (TPSA) is 58.4 Å². The molecular weight excluding hydrogens is 206 g/mol. The second kappa shape index (κ2) is 3.90. The highest BCUT2D eigenvalue weighted by Gasteiger charge is 2.30. The number of amides is 1. The molecule has 1 saturated carbocycles. The van der Waals surface area contributed by atoms with Crippen molar-refractivity contribution in [3.63, 3.8) is 0 Å². The molecule has 86 valence electrons. The van der Waals surface area contributed by atoms with E-state index in [0.717, 1.165) is 44.9 Å². The molecule has 5 nitrogen and oxygen atoms in total. The zero-order valence-electron chi connectivity index (χ0n) is 9.11. The van der Waals surface area contributed by atoms with E-state index >= 15 is 0 Å². The van der Waals surface area contributed by atoms with E-state index in [0.29, 0.717) is 11.7 Å². The number of oxazole rings is 1. The molecule has 1 aliphatic heterocycles. The Bertz CT molecular complexity index is 392. The fraction of sp³-hybridized carbons (Fsp3) is 0.636. The van der Waals surface area contributed by atoms with Crippen LogP contribution in [0.4, 0.5) is 0 Å². The summed E-state index contributed by atoms with van der Waals surface area (Å²) in [7, 11) is 0. The molecule has 0 atom stereocenters. The van der Waals surface area contributed by atoms with Crippen molar-refractivity contribution >= 4 is 5.91 Å². The molecule has 0 spiro atoms. The molecule has 0 aromatic carbocycles. The summed E-state index contributed by atoms with van der Waals surface area (Å²) in [6, 6.07) is 0. The monoisotopic (exact) mass is 221 g/mol. The SMILES string of the molecule is O=C(c1cnc(C2CC2)o1)N1CCNCC1. The lowest BCUT2D eigenvalue weighted by atomic mass is 10.3. The third kappa shape index (κ3) is 1.82. The molecule has 3 rings (SSSR count). The van der Waals surface area contributed by atoms with Gasteiger partial charge in [-0.15, -0.1) is 0 Å². The van der Waals surface area contributed by atoms with Gasteiger partial charge in [0.1, 0.15) is 0 Å². The highest BCUT2D eigenvalue weighted by molar-refractivity contribution is 5.91. The molecule has 1 aromatic rings. The summed E-state index contributed by atoms with van der Waals surface area (Å²) in [6.07, 6.45) is 3.85. The Kier molecular flexibility index (Phi) is 2.40. The number of nitrogens with one attached hydrogen (secondary N) is 1. The number of carbonyl (C=O) groups excluding carboxylic acids is 1. The van der Waals surface area contributed by atoms with Crippen molar-refractivity contribution in [1.29, 1.82) is 0 Å². The quantitative estimate of drug-likeness (QED) is 0.794. The molecule has 1 N–H and O–H groups in total. The standard InChI is InChI=1S/C11H15N3O2/c15-11(14-5-3-12-4-6-14)9-7-13-10(16-9)8-1-2-8/h7-8,12H,1-6H2. The van der Waals surface area contributed by atoms with E-state index in [9.17, 15) is 4.79 Å². The Morgan fingerprint density at radius 2 is 2.19 bits per heavy atom. The van der Waals surface area contributed by atoms with Gasteiger partial charge in [0.05, 0.1) is 6.20 Å². The molecule has 2 aliphatic rings. The second-order valence-electron chi connectivity index (χ2n) is 4.38. The summed E-state index contributed by atoms with van der Waals surface area (Å²) < 4.78 is 5.50. The highest BCUT2D eigenvalue weighted by atomic mass is 16.4. The average molecular weight is 221 g/mol. The summed E-state index contributed by atoms with van der Waals surface area (Å²) in [5.41, 5.74) is 0. The van der Waals surface area contributed by atoms with Crippen molar-refractivity contribution < 1.29 is 9.21 Å². The first-order valence-electron chi connectivity index (χ1n) is 5.80. The van der Waals surface area contributed by atoms with Gasteiger partial charge in [-0.1, -0.05) is 0 Å². The number of hydrogen-bond donors (Lipinski definition) is 1. The van der Waals surface area contributed by atoms with Gasteiger partial charge in [-0.2, -0.15) is 0 Å². The van der Waals surface area contributed by atoms with Crippen LogP contribution in [0.3, 0.4) is 0 Å². The Hall–Kier alpha value is -1.36. The molecule has 0 unspecified atom stereocenters. The predicted octanol–water partition coefficient (Wildman–Crippen LogP) is 0.597. The second-order valence-corrected chi connectivity index (χ2v) is 4.38. The summed E-state index contributed by atoms with van der Waals surface area (Å²) in [5.74, 6) is 1.56. The van der Waals surface area contributed by atoms with Gasteiger partial charge in [0, 0.05) is 32.1 Å². The van der Waals surface area contributed by atoms with Crippen LogP contribution in [0.15, 0.2) is 10.6 Å². The fourth-order valence-electron chi connectivity index (χ4n) is 1.93. The van der Waals surface area contributed by atoms with Crippen LogP contribution in [0.25, 0.3) is 0 Å². The van der Waals surface area contributed by atoms with Gasteiger partial charge in [-0.3, -0.25) is 4.79 Å². The number of piperazine rings is 1. The first kappa shape index (κ1) is 9.84. The third-order valence-electron chi connectivity index (χ3n) is 3.07. The number of nitrogens with zero attached hydrogens (tertiary/aromatic N) is 2. The minimum atomic E-state index is -0.0269.